The third kappa shape index (κ3) is 11.5. The summed E-state index contributed by atoms with van der Waals surface area (Å²) in [4.78, 5) is 28.2. The van der Waals surface area contributed by atoms with E-state index in [0.29, 0.717) is 48.7 Å². The number of piperazine rings is 2. The molecule has 0 radical (unpaired) electrons. The molecule has 2 aliphatic heterocycles. The van der Waals surface area contributed by atoms with Crippen molar-refractivity contribution in [1.29, 1.82) is 0 Å². The van der Waals surface area contributed by atoms with Gasteiger partial charge in [-0.2, -0.15) is 25.4 Å². The number of hydrogen-bond donors (Lipinski definition) is 1. The van der Waals surface area contributed by atoms with E-state index in [2.05, 4.69) is 51.3 Å². The zero-order valence-corrected chi connectivity index (χ0v) is 38.6. The molecule has 2 N–H and O–H groups in total. The molecule has 4 aromatic rings. The molecule has 0 saturated carbocycles. The number of hydrogen-bond acceptors (Lipinski definition) is 10. The van der Waals surface area contributed by atoms with E-state index >= 15 is 0 Å². The number of Topliss-reactive ketones (excluding diaryl/α,β-unsaturated/α-hetero) is 1. The van der Waals surface area contributed by atoms with E-state index in [1.807, 2.05) is 36.4 Å². The number of anilines is 2. The Bertz CT molecular complexity index is 2100. The summed E-state index contributed by atoms with van der Waals surface area (Å²) in [5.41, 5.74) is 9.20. The second kappa shape index (κ2) is 21.6. The number of likely N-dealkylation sites (N-methyl/N-ethyl adjacent to an activating group) is 2. The van der Waals surface area contributed by atoms with Gasteiger partial charge >= 0.3 is 26.4 Å². The molecule has 14 nitrogen and oxygen atoms in total. The van der Waals surface area contributed by atoms with E-state index in [4.69, 9.17) is 10.5 Å². The molecule has 0 unspecified atom stereocenters. The monoisotopic (exact) mass is 889 g/mol. The van der Waals surface area contributed by atoms with Crippen molar-refractivity contribution in [3.63, 3.8) is 0 Å². The van der Waals surface area contributed by atoms with Crippen LogP contribution < -0.4 is 14.3 Å². The van der Waals surface area contributed by atoms with Gasteiger partial charge in [0, 0.05) is 55.9 Å². The Morgan fingerprint density at radius 2 is 0.919 bits per heavy atom. The highest BCUT2D eigenvalue weighted by Gasteiger charge is 2.39. The fraction of sp³-hybridized carbons (Fsp3) is 0.435. The summed E-state index contributed by atoms with van der Waals surface area (Å²) in [5.74, 6) is -0.563. The first kappa shape index (κ1) is 48.4. The first-order chi connectivity index (χ1) is 29.5. The highest BCUT2D eigenvalue weighted by atomic mass is 32.2. The van der Waals surface area contributed by atoms with Gasteiger partial charge < -0.3 is 10.5 Å². The minimum absolute atomic E-state index is 0.0516. The predicted molar refractivity (Wildman–Crippen MR) is 246 cm³/mol. The van der Waals surface area contributed by atoms with E-state index in [1.165, 1.54) is 15.7 Å². The van der Waals surface area contributed by atoms with Gasteiger partial charge in [-0.3, -0.25) is 23.2 Å². The van der Waals surface area contributed by atoms with Gasteiger partial charge in [0.05, 0.1) is 43.7 Å². The Hall–Kier alpha value is -4.68. The lowest BCUT2D eigenvalue weighted by molar-refractivity contribution is 0.0600. The zero-order chi connectivity index (χ0) is 45.2. The van der Waals surface area contributed by atoms with Crippen LogP contribution in [0.25, 0.3) is 0 Å². The van der Waals surface area contributed by atoms with Crippen LogP contribution in [0.4, 0.5) is 11.4 Å². The van der Waals surface area contributed by atoms with Crippen LogP contribution in [-0.4, -0.2) is 124 Å². The Morgan fingerprint density at radius 1 is 0.581 bits per heavy atom. The van der Waals surface area contributed by atoms with Crippen molar-refractivity contribution in [2.75, 3.05) is 61.5 Å². The first-order valence-electron chi connectivity index (χ1n) is 21.2. The van der Waals surface area contributed by atoms with Gasteiger partial charge in [0.25, 0.3) is 0 Å². The number of methoxy groups -OCH3 is 1. The second-order valence-corrected chi connectivity index (χ2v) is 19.6. The maximum atomic E-state index is 13.8. The number of nitrogens with zero attached hydrogens (tertiary/aromatic N) is 6. The highest BCUT2D eigenvalue weighted by Crippen LogP contribution is 2.29. The van der Waals surface area contributed by atoms with E-state index in [9.17, 15) is 26.4 Å². The molecule has 2 saturated heterocycles. The van der Waals surface area contributed by atoms with Crippen molar-refractivity contribution in [2.45, 2.75) is 78.8 Å². The smallest absolute Gasteiger partial charge is 0.337 e. The standard InChI is InChI=1S/C23H32N4O3S.C23H31N3O4S/c1-4-26-18(2)15-25(16-19(26)3)31(29,30)27(22-8-6-5-7-9-22)17-20-10-12-21(13-11-20)23(28)14-24;1-5-25-18(2)15-24(16-19(25)3)31(28,29)26(22-9-7-6-8-10-22)17-20-11-13-21(14-12-20)23(27)30-4/h5-13,18-19H,4,14-17,24H2,1-3H3;6-14,18-19H,5,15-17H2,1-4H3/t2*18-,19+. The molecule has 4 atom stereocenters. The maximum absolute atomic E-state index is 13.8. The van der Waals surface area contributed by atoms with Crippen molar-refractivity contribution in [3.8, 4) is 0 Å². The lowest BCUT2D eigenvalue weighted by atomic mass is 10.1. The van der Waals surface area contributed by atoms with Crippen molar-refractivity contribution in [3.05, 3.63) is 131 Å². The van der Waals surface area contributed by atoms with Crippen LogP contribution in [0.3, 0.4) is 0 Å². The van der Waals surface area contributed by atoms with Gasteiger partial charge in [-0.05, 0) is 88.3 Å². The lowest BCUT2D eigenvalue weighted by Crippen LogP contribution is -2.60. The Balaban J connectivity index is 0.000000234. The number of rotatable bonds is 15. The second-order valence-electron chi connectivity index (χ2n) is 15.9. The van der Waals surface area contributed by atoms with Crippen LogP contribution in [0.2, 0.25) is 0 Å². The quantitative estimate of drug-likeness (QED) is 0.117. The molecule has 0 spiro atoms. The highest BCUT2D eigenvalue weighted by molar-refractivity contribution is 7.90. The van der Waals surface area contributed by atoms with E-state index < -0.39 is 26.4 Å². The van der Waals surface area contributed by atoms with Gasteiger partial charge in [0.15, 0.2) is 5.78 Å². The zero-order valence-electron chi connectivity index (χ0n) is 37.0. The largest absolute Gasteiger partial charge is 0.465 e. The van der Waals surface area contributed by atoms with Crippen molar-refractivity contribution < 1.29 is 31.2 Å². The van der Waals surface area contributed by atoms with Gasteiger partial charge in [-0.25, -0.2) is 4.79 Å². The number of nitrogens with two attached hydrogens (primary N) is 1. The Labute approximate surface area is 369 Å². The fourth-order valence-electron chi connectivity index (χ4n) is 8.43. The topological polar surface area (TPSA) is 157 Å². The van der Waals surface area contributed by atoms with E-state index in [0.717, 1.165) is 24.2 Å². The van der Waals surface area contributed by atoms with Gasteiger partial charge in [0.2, 0.25) is 0 Å². The average Bonchev–Trinajstić information content (AvgIpc) is 3.27. The molecule has 2 aliphatic rings. The SMILES string of the molecule is CCN1[C@H](C)CN(S(=O)(=O)N(Cc2ccc(C(=O)CN)cc2)c2ccccc2)C[C@@H]1C.CCN1[C@H](C)CN(S(=O)(=O)N(Cc2ccc(C(=O)OC)cc2)c2ccccc2)C[C@@H]1C. The van der Waals surface area contributed by atoms with Gasteiger partial charge in [0.1, 0.15) is 0 Å². The van der Waals surface area contributed by atoms with Crippen LogP contribution in [0.1, 0.15) is 73.4 Å². The summed E-state index contributed by atoms with van der Waals surface area (Å²) in [6.45, 7) is 16.4. The molecule has 0 bridgehead atoms. The molecule has 2 fully saturated rings. The number of ketones is 1. The average molecular weight is 890 g/mol. The minimum Gasteiger partial charge on any atom is -0.465 e. The Morgan fingerprint density at radius 3 is 1.23 bits per heavy atom. The van der Waals surface area contributed by atoms with Crippen LogP contribution in [-0.2, 0) is 38.2 Å². The summed E-state index contributed by atoms with van der Waals surface area (Å²) in [6.07, 6.45) is 0. The molecule has 0 aliphatic carbocycles. The van der Waals surface area contributed by atoms with Crippen LogP contribution >= 0.6 is 0 Å². The fourth-order valence-corrected chi connectivity index (χ4v) is 12.0. The van der Waals surface area contributed by atoms with Gasteiger partial charge in [-0.15, -0.1) is 0 Å². The van der Waals surface area contributed by atoms with Crippen LogP contribution in [0, 0.1) is 0 Å². The third-order valence-electron chi connectivity index (χ3n) is 11.7. The Kier molecular flexibility index (Phi) is 16.8. The summed E-state index contributed by atoms with van der Waals surface area (Å²) in [7, 11) is -6.17. The van der Waals surface area contributed by atoms with Gasteiger partial charge in [-0.1, -0.05) is 86.6 Å². The first-order valence-corrected chi connectivity index (χ1v) is 24.0. The molecule has 336 valence electrons. The number of carbonyl (C=O) groups excluding carboxylic acids is 2. The number of para-hydroxylation sites is 2. The molecule has 16 heteroatoms. The van der Waals surface area contributed by atoms with E-state index in [-0.39, 0.29) is 49.6 Å². The van der Waals surface area contributed by atoms with Crippen molar-refractivity contribution in [1.82, 2.24) is 18.4 Å². The summed E-state index contributed by atoms with van der Waals surface area (Å²) in [6, 6.07) is 32.6. The molecule has 4 aromatic carbocycles. The maximum Gasteiger partial charge on any atom is 0.337 e. The van der Waals surface area contributed by atoms with Crippen LogP contribution in [0.5, 0.6) is 0 Å². The number of benzene rings is 4. The number of ether oxygens (including phenoxy) is 1. The molecule has 62 heavy (non-hydrogen) atoms. The minimum atomic E-state index is -3.76. The summed E-state index contributed by atoms with van der Waals surface area (Å²) < 4.78 is 65.9. The molecule has 0 amide bonds. The van der Waals surface area contributed by atoms with Crippen molar-refractivity contribution in [2.24, 2.45) is 5.73 Å². The van der Waals surface area contributed by atoms with Crippen molar-refractivity contribution >= 4 is 43.5 Å². The van der Waals surface area contributed by atoms with Crippen LogP contribution in [0.15, 0.2) is 109 Å². The molecule has 2 heterocycles. The van der Waals surface area contributed by atoms with E-state index in [1.54, 1.807) is 81.4 Å². The summed E-state index contributed by atoms with van der Waals surface area (Å²) >= 11 is 0. The third-order valence-corrected chi connectivity index (χ3v) is 15.3. The predicted octanol–water partition coefficient (Wildman–Crippen LogP) is 5.63. The molecular formula is C46H63N7O7S2. The summed E-state index contributed by atoms with van der Waals surface area (Å²) in [5, 5.41) is 0. The molecule has 6 rings (SSSR count). The number of carbonyl (C=O) groups is 2. The molecule has 0 aromatic heterocycles. The molecular weight excluding hydrogens is 827 g/mol. The number of esters is 1. The lowest BCUT2D eigenvalue weighted by Gasteiger charge is -2.44. The normalized spacial score (nSPS) is 20.5.